The molecule has 25 heavy (non-hydrogen) atoms. The number of ether oxygens (including phenoxy) is 2. The van der Waals surface area contributed by atoms with Crippen molar-refractivity contribution in [1.29, 1.82) is 0 Å². The average Bonchev–Trinajstić information content (AvgIpc) is 3.01. The molecule has 1 unspecified atom stereocenters. The molecule has 1 aromatic carbocycles. The zero-order valence-electron chi connectivity index (χ0n) is 14.7. The molecule has 0 bridgehead atoms. The first-order valence-corrected chi connectivity index (χ1v) is 8.65. The first-order valence-electron chi connectivity index (χ1n) is 8.27. The van der Waals surface area contributed by atoms with Gasteiger partial charge in [-0.2, -0.15) is 0 Å². The summed E-state index contributed by atoms with van der Waals surface area (Å²) >= 11 is 5.81. The molecule has 1 aliphatic rings. The van der Waals surface area contributed by atoms with Crippen molar-refractivity contribution in [3.63, 3.8) is 0 Å². The standard InChI is InChI=1S/C18H24ClNO5/c1-18(2,3)25-17(23)20-10-4-5-14(20)16(22)24-11-15(21)12-6-8-13(19)9-7-12/h6-9,14-15,21H,4-5,10-11H2,1-3H3/t14-,15?/m0/s1. The van der Waals surface area contributed by atoms with E-state index < -0.39 is 29.8 Å². The van der Waals surface area contributed by atoms with Crippen LogP contribution in [0.25, 0.3) is 0 Å². The van der Waals surface area contributed by atoms with E-state index in [1.807, 2.05) is 0 Å². The van der Waals surface area contributed by atoms with Crippen molar-refractivity contribution in [2.75, 3.05) is 13.2 Å². The summed E-state index contributed by atoms with van der Waals surface area (Å²) in [5, 5.41) is 10.7. The summed E-state index contributed by atoms with van der Waals surface area (Å²) in [6.45, 7) is 5.60. The zero-order chi connectivity index (χ0) is 18.6. The zero-order valence-corrected chi connectivity index (χ0v) is 15.5. The van der Waals surface area contributed by atoms with Gasteiger partial charge in [-0.1, -0.05) is 23.7 Å². The molecule has 1 saturated heterocycles. The molecule has 7 heteroatoms. The molecule has 138 valence electrons. The molecule has 1 N–H and O–H groups in total. The number of nitrogens with zero attached hydrogens (tertiary/aromatic N) is 1. The third kappa shape index (κ3) is 5.61. The lowest BCUT2D eigenvalue weighted by atomic mass is 10.1. The van der Waals surface area contributed by atoms with E-state index in [2.05, 4.69) is 0 Å². The van der Waals surface area contributed by atoms with E-state index in [4.69, 9.17) is 21.1 Å². The number of aliphatic hydroxyl groups excluding tert-OH is 1. The van der Waals surface area contributed by atoms with Crippen LogP contribution in [0.4, 0.5) is 4.79 Å². The summed E-state index contributed by atoms with van der Waals surface area (Å²) < 4.78 is 10.5. The van der Waals surface area contributed by atoms with Crippen molar-refractivity contribution < 1.29 is 24.2 Å². The lowest BCUT2D eigenvalue weighted by Crippen LogP contribution is -2.44. The number of likely N-dealkylation sites (tertiary alicyclic amines) is 1. The highest BCUT2D eigenvalue weighted by atomic mass is 35.5. The molecule has 1 aliphatic heterocycles. The highest BCUT2D eigenvalue weighted by Crippen LogP contribution is 2.23. The van der Waals surface area contributed by atoms with Gasteiger partial charge in [0.1, 0.15) is 24.4 Å². The minimum atomic E-state index is -0.947. The Balaban J connectivity index is 1.90. The van der Waals surface area contributed by atoms with Crippen molar-refractivity contribution in [1.82, 2.24) is 4.90 Å². The summed E-state index contributed by atoms with van der Waals surface area (Å²) in [7, 11) is 0. The fraction of sp³-hybridized carbons (Fsp3) is 0.556. The third-order valence-electron chi connectivity index (χ3n) is 3.79. The Kier molecular flexibility index (Phi) is 6.30. The number of hydrogen-bond donors (Lipinski definition) is 1. The molecule has 2 atom stereocenters. The summed E-state index contributed by atoms with van der Waals surface area (Å²) in [6.07, 6.45) is -0.240. The molecular formula is C18H24ClNO5. The Labute approximate surface area is 152 Å². The molecule has 0 aromatic heterocycles. The van der Waals surface area contributed by atoms with Gasteiger partial charge in [-0.25, -0.2) is 9.59 Å². The van der Waals surface area contributed by atoms with Crippen LogP contribution >= 0.6 is 11.6 Å². The van der Waals surface area contributed by atoms with Gasteiger partial charge in [-0.05, 0) is 51.3 Å². The molecule has 0 aliphatic carbocycles. The maximum absolute atomic E-state index is 12.3. The Bertz CT molecular complexity index is 611. The first-order chi connectivity index (χ1) is 11.7. The molecule has 1 amide bonds. The van der Waals surface area contributed by atoms with Crippen molar-refractivity contribution in [3.05, 3.63) is 34.9 Å². The predicted molar refractivity (Wildman–Crippen MR) is 93.3 cm³/mol. The molecule has 0 radical (unpaired) electrons. The number of aliphatic hydroxyl groups is 1. The van der Waals surface area contributed by atoms with E-state index in [-0.39, 0.29) is 6.61 Å². The predicted octanol–water partition coefficient (Wildman–Crippen LogP) is 3.32. The van der Waals surface area contributed by atoms with Gasteiger partial charge in [0.2, 0.25) is 0 Å². The molecular weight excluding hydrogens is 346 g/mol. The van der Waals surface area contributed by atoms with E-state index in [1.54, 1.807) is 45.0 Å². The number of carbonyl (C=O) groups is 2. The van der Waals surface area contributed by atoms with Crippen LogP contribution in [0.1, 0.15) is 45.3 Å². The summed E-state index contributed by atoms with van der Waals surface area (Å²) in [4.78, 5) is 25.9. The van der Waals surface area contributed by atoms with Gasteiger partial charge in [0, 0.05) is 11.6 Å². The summed E-state index contributed by atoms with van der Waals surface area (Å²) in [5.74, 6) is -0.531. The van der Waals surface area contributed by atoms with Gasteiger partial charge < -0.3 is 14.6 Å². The van der Waals surface area contributed by atoms with Crippen LogP contribution in [0.5, 0.6) is 0 Å². The fourth-order valence-corrected chi connectivity index (χ4v) is 2.72. The quantitative estimate of drug-likeness (QED) is 0.824. The lowest BCUT2D eigenvalue weighted by molar-refractivity contribution is -0.151. The highest BCUT2D eigenvalue weighted by Gasteiger charge is 2.37. The Morgan fingerprint density at radius 1 is 1.32 bits per heavy atom. The van der Waals surface area contributed by atoms with Crippen LogP contribution in [0.15, 0.2) is 24.3 Å². The number of halogens is 1. The maximum Gasteiger partial charge on any atom is 0.411 e. The van der Waals surface area contributed by atoms with Gasteiger partial charge in [-0.15, -0.1) is 0 Å². The number of carbonyl (C=O) groups excluding carboxylic acids is 2. The van der Waals surface area contributed by atoms with Crippen molar-refractivity contribution in [2.24, 2.45) is 0 Å². The van der Waals surface area contributed by atoms with Crippen LogP contribution in [0, 0.1) is 0 Å². The van der Waals surface area contributed by atoms with Gasteiger partial charge in [0.15, 0.2) is 0 Å². The first kappa shape index (κ1) is 19.5. The van der Waals surface area contributed by atoms with Crippen molar-refractivity contribution in [2.45, 2.75) is 51.4 Å². The van der Waals surface area contributed by atoms with E-state index in [0.29, 0.717) is 30.0 Å². The summed E-state index contributed by atoms with van der Waals surface area (Å²) in [5.41, 5.74) is -0.0218. The minimum absolute atomic E-state index is 0.181. The Morgan fingerprint density at radius 3 is 2.56 bits per heavy atom. The highest BCUT2D eigenvalue weighted by molar-refractivity contribution is 6.30. The lowest BCUT2D eigenvalue weighted by Gasteiger charge is -2.27. The SMILES string of the molecule is CC(C)(C)OC(=O)N1CCC[C@H]1C(=O)OCC(O)c1ccc(Cl)cc1. The largest absolute Gasteiger partial charge is 0.461 e. The number of amides is 1. The topological polar surface area (TPSA) is 76.1 Å². The normalized spacial score (nSPS) is 18.8. The molecule has 1 heterocycles. The van der Waals surface area contributed by atoms with Crippen LogP contribution < -0.4 is 0 Å². The van der Waals surface area contributed by atoms with Gasteiger partial charge in [-0.3, -0.25) is 4.90 Å². The smallest absolute Gasteiger partial charge is 0.411 e. The van der Waals surface area contributed by atoms with E-state index in [0.717, 1.165) is 0 Å². The number of benzene rings is 1. The monoisotopic (exact) mass is 369 g/mol. The molecule has 0 saturated carbocycles. The second-order valence-electron chi connectivity index (χ2n) is 7.03. The number of rotatable bonds is 4. The van der Waals surface area contributed by atoms with Crippen molar-refractivity contribution >= 4 is 23.7 Å². The summed E-state index contributed by atoms with van der Waals surface area (Å²) in [6, 6.07) is 5.98. The minimum Gasteiger partial charge on any atom is -0.461 e. The van der Waals surface area contributed by atoms with E-state index >= 15 is 0 Å². The molecule has 1 fully saturated rings. The van der Waals surface area contributed by atoms with Gasteiger partial charge >= 0.3 is 12.1 Å². The van der Waals surface area contributed by atoms with Crippen LogP contribution in [0.3, 0.4) is 0 Å². The Hall–Kier alpha value is -1.79. The van der Waals surface area contributed by atoms with Crippen LogP contribution in [-0.4, -0.2) is 46.9 Å². The number of hydrogen-bond acceptors (Lipinski definition) is 5. The van der Waals surface area contributed by atoms with E-state index in [9.17, 15) is 14.7 Å². The Morgan fingerprint density at radius 2 is 1.96 bits per heavy atom. The third-order valence-corrected chi connectivity index (χ3v) is 4.04. The van der Waals surface area contributed by atoms with E-state index in [1.165, 1.54) is 4.90 Å². The molecule has 6 nitrogen and oxygen atoms in total. The molecule has 2 rings (SSSR count). The van der Waals surface area contributed by atoms with Crippen LogP contribution in [-0.2, 0) is 14.3 Å². The van der Waals surface area contributed by atoms with Crippen LogP contribution in [0.2, 0.25) is 5.02 Å². The van der Waals surface area contributed by atoms with Gasteiger partial charge in [0.25, 0.3) is 0 Å². The second kappa shape index (κ2) is 8.06. The maximum atomic E-state index is 12.3. The number of esters is 1. The molecule has 1 aromatic rings. The molecule has 0 spiro atoms. The van der Waals surface area contributed by atoms with Crippen molar-refractivity contribution in [3.8, 4) is 0 Å². The van der Waals surface area contributed by atoms with Gasteiger partial charge in [0.05, 0.1) is 0 Å². The average molecular weight is 370 g/mol. The second-order valence-corrected chi connectivity index (χ2v) is 7.47. The fourth-order valence-electron chi connectivity index (χ4n) is 2.59.